The van der Waals surface area contributed by atoms with E-state index in [0.717, 1.165) is 38.8 Å². The summed E-state index contributed by atoms with van der Waals surface area (Å²) < 4.78 is 0. The molecule has 3 nitrogen and oxygen atoms in total. The second-order valence-corrected chi connectivity index (χ2v) is 4.54. The molecule has 2 N–H and O–H groups in total. The SMILES string of the molecule is CCC(CC)(CN)C(=O)N1CCCCC1. The average molecular weight is 212 g/mol. The van der Waals surface area contributed by atoms with Gasteiger partial charge in [0.2, 0.25) is 5.91 Å². The smallest absolute Gasteiger partial charge is 0.230 e. The van der Waals surface area contributed by atoms with Gasteiger partial charge in [0.25, 0.3) is 0 Å². The number of nitrogens with zero attached hydrogens (tertiary/aromatic N) is 1. The zero-order valence-electron chi connectivity index (χ0n) is 10.1. The minimum Gasteiger partial charge on any atom is -0.342 e. The van der Waals surface area contributed by atoms with Crippen LogP contribution in [0, 0.1) is 5.41 Å². The van der Waals surface area contributed by atoms with Crippen molar-refractivity contribution in [2.75, 3.05) is 19.6 Å². The van der Waals surface area contributed by atoms with Crippen LogP contribution in [0.25, 0.3) is 0 Å². The molecule has 1 rings (SSSR count). The van der Waals surface area contributed by atoms with Crippen LogP contribution >= 0.6 is 0 Å². The first kappa shape index (κ1) is 12.5. The molecule has 1 amide bonds. The normalized spacial score (nSPS) is 17.9. The van der Waals surface area contributed by atoms with Crippen LogP contribution in [0.15, 0.2) is 0 Å². The molecule has 0 aromatic carbocycles. The van der Waals surface area contributed by atoms with Crippen LogP contribution in [0.2, 0.25) is 0 Å². The molecule has 1 fully saturated rings. The van der Waals surface area contributed by atoms with Gasteiger partial charge in [0.15, 0.2) is 0 Å². The standard InChI is InChI=1S/C12H24N2O/c1-3-12(4-2,10-13)11(15)14-8-6-5-7-9-14/h3-10,13H2,1-2H3. The van der Waals surface area contributed by atoms with Crippen molar-refractivity contribution in [3.8, 4) is 0 Å². The maximum atomic E-state index is 12.4. The number of hydrogen-bond donors (Lipinski definition) is 1. The summed E-state index contributed by atoms with van der Waals surface area (Å²) in [4.78, 5) is 14.4. The van der Waals surface area contributed by atoms with Crippen LogP contribution in [0.3, 0.4) is 0 Å². The van der Waals surface area contributed by atoms with Crippen LogP contribution in [0.4, 0.5) is 0 Å². The van der Waals surface area contributed by atoms with E-state index in [-0.39, 0.29) is 11.3 Å². The first-order chi connectivity index (χ1) is 7.20. The van der Waals surface area contributed by atoms with Crippen LogP contribution in [-0.2, 0) is 4.79 Å². The molecule has 0 saturated carbocycles. The number of piperidine rings is 1. The Hall–Kier alpha value is -0.570. The van der Waals surface area contributed by atoms with Crippen LogP contribution < -0.4 is 5.73 Å². The predicted molar refractivity (Wildman–Crippen MR) is 62.5 cm³/mol. The number of carbonyl (C=O) groups excluding carboxylic acids is 1. The molecule has 1 saturated heterocycles. The van der Waals surface area contributed by atoms with Crippen LogP contribution in [0.5, 0.6) is 0 Å². The van der Waals surface area contributed by atoms with E-state index >= 15 is 0 Å². The molecule has 88 valence electrons. The van der Waals surface area contributed by atoms with Gasteiger partial charge in [-0.3, -0.25) is 4.79 Å². The Balaban J connectivity index is 2.70. The highest BCUT2D eigenvalue weighted by Gasteiger charge is 2.36. The van der Waals surface area contributed by atoms with Crippen molar-refractivity contribution in [2.24, 2.45) is 11.1 Å². The van der Waals surface area contributed by atoms with Gasteiger partial charge in [0.1, 0.15) is 0 Å². The number of likely N-dealkylation sites (tertiary alicyclic amines) is 1. The van der Waals surface area contributed by atoms with Gasteiger partial charge in [-0.2, -0.15) is 0 Å². The van der Waals surface area contributed by atoms with E-state index in [2.05, 4.69) is 13.8 Å². The van der Waals surface area contributed by atoms with Gasteiger partial charge in [-0.05, 0) is 32.1 Å². The predicted octanol–water partition coefficient (Wildman–Crippen LogP) is 1.76. The Morgan fingerprint density at radius 2 is 1.73 bits per heavy atom. The van der Waals surface area contributed by atoms with E-state index in [9.17, 15) is 4.79 Å². The van der Waals surface area contributed by atoms with Crippen LogP contribution in [0.1, 0.15) is 46.0 Å². The number of nitrogens with two attached hydrogens (primary N) is 1. The Labute approximate surface area is 93.0 Å². The molecule has 1 aliphatic heterocycles. The van der Waals surface area contributed by atoms with Gasteiger partial charge in [-0.15, -0.1) is 0 Å². The van der Waals surface area contributed by atoms with Crippen molar-refractivity contribution < 1.29 is 4.79 Å². The number of hydrogen-bond acceptors (Lipinski definition) is 2. The molecule has 15 heavy (non-hydrogen) atoms. The van der Waals surface area contributed by atoms with Gasteiger partial charge < -0.3 is 10.6 Å². The summed E-state index contributed by atoms with van der Waals surface area (Å²) in [5, 5.41) is 0. The summed E-state index contributed by atoms with van der Waals surface area (Å²) in [5.41, 5.74) is 5.49. The molecule has 0 aromatic rings. The molecule has 1 aliphatic rings. The fraction of sp³-hybridized carbons (Fsp3) is 0.917. The largest absolute Gasteiger partial charge is 0.342 e. The van der Waals surface area contributed by atoms with E-state index in [1.54, 1.807) is 0 Å². The zero-order valence-corrected chi connectivity index (χ0v) is 10.1. The molecule has 0 unspecified atom stereocenters. The second-order valence-electron chi connectivity index (χ2n) is 4.54. The van der Waals surface area contributed by atoms with E-state index in [1.165, 1.54) is 6.42 Å². The van der Waals surface area contributed by atoms with E-state index in [0.29, 0.717) is 6.54 Å². The fourth-order valence-corrected chi connectivity index (χ4v) is 2.36. The van der Waals surface area contributed by atoms with Crippen LogP contribution in [-0.4, -0.2) is 30.4 Å². The molecule has 1 heterocycles. The number of carbonyl (C=O) groups is 1. The molecule has 0 aliphatic carbocycles. The highest BCUT2D eigenvalue weighted by molar-refractivity contribution is 5.83. The number of amides is 1. The minimum atomic E-state index is -0.294. The maximum absolute atomic E-state index is 12.4. The van der Waals surface area contributed by atoms with Gasteiger partial charge in [0, 0.05) is 19.6 Å². The highest BCUT2D eigenvalue weighted by Crippen LogP contribution is 2.28. The third-order valence-electron chi connectivity index (χ3n) is 3.84. The summed E-state index contributed by atoms with van der Waals surface area (Å²) in [6.45, 7) is 6.48. The lowest BCUT2D eigenvalue weighted by Gasteiger charge is -2.37. The quantitative estimate of drug-likeness (QED) is 0.772. The minimum absolute atomic E-state index is 0.287. The van der Waals surface area contributed by atoms with Gasteiger partial charge in [-0.1, -0.05) is 13.8 Å². The number of rotatable bonds is 4. The summed E-state index contributed by atoms with van der Waals surface area (Å²) >= 11 is 0. The Morgan fingerprint density at radius 1 is 1.20 bits per heavy atom. The molecular weight excluding hydrogens is 188 g/mol. The topological polar surface area (TPSA) is 46.3 Å². The van der Waals surface area contributed by atoms with Crippen molar-refractivity contribution in [1.82, 2.24) is 4.90 Å². The monoisotopic (exact) mass is 212 g/mol. The van der Waals surface area contributed by atoms with E-state index < -0.39 is 0 Å². The summed E-state index contributed by atoms with van der Waals surface area (Å²) in [6, 6.07) is 0. The van der Waals surface area contributed by atoms with Gasteiger partial charge in [0.05, 0.1) is 5.41 Å². The maximum Gasteiger partial charge on any atom is 0.230 e. The third kappa shape index (κ3) is 2.51. The Morgan fingerprint density at radius 3 is 2.13 bits per heavy atom. The summed E-state index contributed by atoms with van der Waals surface area (Å²) in [7, 11) is 0. The Kier molecular flexibility index (Phi) is 4.58. The fourth-order valence-electron chi connectivity index (χ4n) is 2.36. The van der Waals surface area contributed by atoms with Crippen molar-refractivity contribution in [2.45, 2.75) is 46.0 Å². The summed E-state index contributed by atoms with van der Waals surface area (Å²) in [6.07, 6.45) is 5.28. The summed E-state index contributed by atoms with van der Waals surface area (Å²) in [5.74, 6) is 0.287. The lowest BCUT2D eigenvalue weighted by atomic mass is 9.80. The molecule has 0 bridgehead atoms. The highest BCUT2D eigenvalue weighted by atomic mass is 16.2. The van der Waals surface area contributed by atoms with Gasteiger partial charge >= 0.3 is 0 Å². The molecule has 0 atom stereocenters. The Bertz CT molecular complexity index is 197. The molecule has 0 spiro atoms. The zero-order chi connectivity index (χ0) is 11.3. The van der Waals surface area contributed by atoms with Crippen molar-refractivity contribution in [3.63, 3.8) is 0 Å². The first-order valence-corrected chi connectivity index (χ1v) is 6.19. The van der Waals surface area contributed by atoms with Crippen molar-refractivity contribution >= 4 is 5.91 Å². The van der Waals surface area contributed by atoms with Gasteiger partial charge in [-0.25, -0.2) is 0 Å². The molecule has 0 radical (unpaired) electrons. The van der Waals surface area contributed by atoms with Crippen molar-refractivity contribution in [3.05, 3.63) is 0 Å². The lowest BCUT2D eigenvalue weighted by Crippen LogP contribution is -2.49. The molecule has 3 heteroatoms. The second kappa shape index (κ2) is 5.50. The van der Waals surface area contributed by atoms with E-state index in [1.807, 2.05) is 4.90 Å². The lowest BCUT2D eigenvalue weighted by molar-refractivity contribution is -0.143. The van der Waals surface area contributed by atoms with Crippen molar-refractivity contribution in [1.29, 1.82) is 0 Å². The third-order valence-corrected chi connectivity index (χ3v) is 3.84. The first-order valence-electron chi connectivity index (χ1n) is 6.19. The molecular formula is C12H24N2O. The van der Waals surface area contributed by atoms with E-state index in [4.69, 9.17) is 5.73 Å². The average Bonchev–Trinajstić information content (AvgIpc) is 2.33. The molecule has 0 aromatic heterocycles.